The van der Waals surface area contributed by atoms with E-state index in [1.165, 1.54) is 6.08 Å². The molecule has 1 atom stereocenters. The third-order valence-corrected chi connectivity index (χ3v) is 4.23. The van der Waals surface area contributed by atoms with Crippen LogP contribution in [0.5, 0.6) is 0 Å². The van der Waals surface area contributed by atoms with Gasteiger partial charge in [0.2, 0.25) is 0 Å². The van der Waals surface area contributed by atoms with Crippen molar-refractivity contribution >= 4 is 17.7 Å². The van der Waals surface area contributed by atoms with Crippen LogP contribution in [0.4, 0.5) is 0 Å². The van der Waals surface area contributed by atoms with Gasteiger partial charge in [-0.15, -0.1) is 0 Å². The van der Waals surface area contributed by atoms with Gasteiger partial charge in [-0.1, -0.05) is 31.2 Å². The molecule has 25 heavy (non-hydrogen) atoms. The molecular formula is C19H24N4O2. The van der Waals surface area contributed by atoms with E-state index in [9.17, 15) is 4.79 Å². The van der Waals surface area contributed by atoms with Crippen LogP contribution in [-0.2, 0) is 11.3 Å². The molecule has 0 aliphatic rings. The van der Waals surface area contributed by atoms with Gasteiger partial charge in [0.15, 0.2) is 0 Å². The van der Waals surface area contributed by atoms with Crippen molar-refractivity contribution in [1.82, 2.24) is 15.3 Å². The maximum atomic E-state index is 11.0. The molecule has 0 fully saturated rings. The lowest BCUT2D eigenvalue weighted by Gasteiger charge is -2.17. The maximum absolute atomic E-state index is 11.0. The number of benzene rings is 1. The molecule has 6 nitrogen and oxygen atoms in total. The average Bonchev–Trinajstić information content (AvgIpc) is 3.04. The highest BCUT2D eigenvalue weighted by atomic mass is 16.5. The molecule has 2 rings (SSSR count). The van der Waals surface area contributed by atoms with Gasteiger partial charge in [0.05, 0.1) is 0 Å². The molecule has 0 aliphatic heterocycles. The second-order valence-electron chi connectivity index (χ2n) is 5.91. The number of carbonyl (C=O) groups excluding carboxylic acids is 1. The number of hydrogen-bond acceptors (Lipinski definition) is 4. The number of hydrogen-bond donors (Lipinski definition) is 3. The summed E-state index contributed by atoms with van der Waals surface area (Å²) in [7, 11) is 0. The number of nitrogens with one attached hydrogen (secondary N) is 2. The molecule has 1 aromatic carbocycles. The molecule has 0 unspecified atom stereocenters. The van der Waals surface area contributed by atoms with Crippen LogP contribution in [0.25, 0.3) is 6.08 Å². The van der Waals surface area contributed by atoms with Crippen LogP contribution in [0.1, 0.15) is 42.5 Å². The minimum atomic E-state index is -0.564. The highest BCUT2D eigenvalue weighted by molar-refractivity contribution is 5.91. The molecule has 1 amide bonds. The Hall–Kier alpha value is -2.73. The summed E-state index contributed by atoms with van der Waals surface area (Å²) in [5, 5.41) is 21.2. The van der Waals surface area contributed by atoms with E-state index in [1.54, 1.807) is 17.8 Å². The molecule has 0 aliphatic carbocycles. The topological polar surface area (TPSA) is 91.0 Å². The zero-order valence-corrected chi connectivity index (χ0v) is 14.6. The van der Waals surface area contributed by atoms with Gasteiger partial charge in [-0.25, -0.2) is 5.48 Å². The molecule has 6 heteroatoms. The van der Waals surface area contributed by atoms with Crippen molar-refractivity contribution in [3.63, 3.8) is 0 Å². The number of rotatable bonds is 8. The zero-order valence-electron chi connectivity index (χ0n) is 14.6. The monoisotopic (exact) mass is 340 g/mol. The van der Waals surface area contributed by atoms with Crippen LogP contribution >= 0.6 is 0 Å². The Kier molecular flexibility index (Phi) is 6.65. The average molecular weight is 340 g/mol. The molecule has 0 radical (unpaired) electrons. The number of nitrogens with zero attached hydrogens (tertiary/aromatic N) is 2. The summed E-state index contributed by atoms with van der Waals surface area (Å²) >= 11 is 0. The third-order valence-electron chi connectivity index (χ3n) is 4.23. The van der Waals surface area contributed by atoms with Crippen LogP contribution in [0.3, 0.4) is 0 Å². The van der Waals surface area contributed by atoms with Crippen molar-refractivity contribution < 1.29 is 10.0 Å². The first-order valence-electron chi connectivity index (χ1n) is 8.33. The Morgan fingerprint density at radius 2 is 2.08 bits per heavy atom. The highest BCUT2D eigenvalue weighted by Crippen LogP contribution is 2.23. The molecular weight excluding hydrogens is 316 g/mol. The third kappa shape index (κ3) is 5.12. The Morgan fingerprint density at radius 1 is 1.36 bits per heavy atom. The van der Waals surface area contributed by atoms with Crippen molar-refractivity contribution in [3.05, 3.63) is 59.4 Å². The predicted molar refractivity (Wildman–Crippen MR) is 97.7 cm³/mol. The molecule has 1 aromatic heterocycles. The molecule has 0 saturated carbocycles. The standard InChI is InChI=1S/C19H24N4O2/c1-3-17(18(20)11-13-23-14(2)10-12-21-23)16-7-4-15(5-8-16)6-9-19(24)22-25/h4-10,12,17,20,25H,3,11,13H2,1-2H3,(H,22,24)/b9-6+,20-18?/t17-/m0/s1. The van der Waals surface area contributed by atoms with Gasteiger partial charge in [-0.2, -0.15) is 5.10 Å². The van der Waals surface area contributed by atoms with Gasteiger partial charge in [-0.3, -0.25) is 14.7 Å². The van der Waals surface area contributed by atoms with Gasteiger partial charge in [0, 0.05) is 42.6 Å². The highest BCUT2D eigenvalue weighted by Gasteiger charge is 2.15. The van der Waals surface area contributed by atoms with E-state index >= 15 is 0 Å². The summed E-state index contributed by atoms with van der Waals surface area (Å²) in [6, 6.07) is 9.75. The number of hydroxylamine groups is 1. The smallest absolute Gasteiger partial charge is 0.267 e. The van der Waals surface area contributed by atoms with E-state index in [0.29, 0.717) is 18.7 Å². The lowest BCUT2D eigenvalue weighted by molar-refractivity contribution is -0.124. The van der Waals surface area contributed by atoms with Crippen LogP contribution in [0.2, 0.25) is 0 Å². The Labute approximate surface area is 147 Å². The number of carbonyl (C=O) groups is 1. The van der Waals surface area contributed by atoms with Crippen molar-refractivity contribution in [1.29, 1.82) is 5.41 Å². The SMILES string of the molecule is CC[C@H](C(=N)CCn1nccc1C)c1ccc(/C=C/C(=O)NO)cc1. The number of aryl methyl sites for hydroxylation is 2. The van der Waals surface area contributed by atoms with Crippen molar-refractivity contribution in [2.45, 2.75) is 39.2 Å². The molecule has 132 valence electrons. The van der Waals surface area contributed by atoms with E-state index in [1.807, 2.05) is 41.9 Å². The molecule has 0 bridgehead atoms. The lowest BCUT2D eigenvalue weighted by Crippen LogP contribution is -2.15. The minimum absolute atomic E-state index is 0.0784. The Bertz CT molecular complexity index is 747. The summed E-state index contributed by atoms with van der Waals surface area (Å²) in [6.07, 6.45) is 6.20. The van der Waals surface area contributed by atoms with Gasteiger partial charge in [0.1, 0.15) is 0 Å². The Morgan fingerprint density at radius 3 is 2.64 bits per heavy atom. The first-order valence-corrected chi connectivity index (χ1v) is 8.33. The fourth-order valence-electron chi connectivity index (χ4n) is 2.77. The summed E-state index contributed by atoms with van der Waals surface area (Å²) in [6.45, 7) is 4.81. The van der Waals surface area contributed by atoms with Crippen molar-refractivity contribution in [2.75, 3.05) is 0 Å². The van der Waals surface area contributed by atoms with Gasteiger partial charge < -0.3 is 5.41 Å². The normalized spacial score (nSPS) is 12.3. The quantitative estimate of drug-likeness (QED) is 0.298. The molecule has 0 saturated heterocycles. The van der Waals surface area contributed by atoms with E-state index in [-0.39, 0.29) is 5.92 Å². The van der Waals surface area contributed by atoms with E-state index in [0.717, 1.165) is 23.2 Å². The van der Waals surface area contributed by atoms with Crippen LogP contribution in [0.15, 0.2) is 42.6 Å². The Balaban J connectivity index is 2.01. The number of amides is 1. The zero-order chi connectivity index (χ0) is 18.2. The summed E-state index contributed by atoms with van der Waals surface area (Å²) in [5.74, 6) is -0.485. The summed E-state index contributed by atoms with van der Waals surface area (Å²) in [5.41, 5.74) is 5.31. The fourth-order valence-corrected chi connectivity index (χ4v) is 2.77. The first kappa shape index (κ1) is 18.6. The van der Waals surface area contributed by atoms with E-state index in [4.69, 9.17) is 10.6 Å². The number of aromatic nitrogens is 2. The second kappa shape index (κ2) is 8.94. The maximum Gasteiger partial charge on any atom is 0.267 e. The second-order valence-corrected chi connectivity index (χ2v) is 5.91. The largest absolute Gasteiger partial charge is 0.309 e. The van der Waals surface area contributed by atoms with Crippen LogP contribution in [0, 0.1) is 12.3 Å². The van der Waals surface area contributed by atoms with Gasteiger partial charge in [-0.05, 0) is 36.6 Å². The minimum Gasteiger partial charge on any atom is -0.309 e. The fraction of sp³-hybridized carbons (Fsp3) is 0.316. The van der Waals surface area contributed by atoms with Gasteiger partial charge in [0.25, 0.3) is 5.91 Å². The first-order chi connectivity index (χ1) is 12.0. The molecule has 3 N–H and O–H groups in total. The van der Waals surface area contributed by atoms with Crippen LogP contribution < -0.4 is 5.48 Å². The van der Waals surface area contributed by atoms with E-state index < -0.39 is 5.91 Å². The molecule has 2 aromatic rings. The van der Waals surface area contributed by atoms with Crippen LogP contribution in [-0.4, -0.2) is 26.6 Å². The summed E-state index contributed by atoms with van der Waals surface area (Å²) < 4.78 is 1.92. The molecule has 0 spiro atoms. The predicted octanol–water partition coefficient (Wildman–Crippen LogP) is 3.31. The van der Waals surface area contributed by atoms with Crippen molar-refractivity contribution in [3.8, 4) is 0 Å². The van der Waals surface area contributed by atoms with E-state index in [2.05, 4.69) is 12.0 Å². The van der Waals surface area contributed by atoms with Gasteiger partial charge >= 0.3 is 0 Å². The molecule has 1 heterocycles. The summed E-state index contributed by atoms with van der Waals surface area (Å²) in [4.78, 5) is 11.0. The lowest BCUT2D eigenvalue weighted by atomic mass is 9.89. The van der Waals surface area contributed by atoms with Crippen molar-refractivity contribution in [2.24, 2.45) is 0 Å².